The first kappa shape index (κ1) is 113. The summed E-state index contributed by atoms with van der Waals surface area (Å²) >= 11 is -0.543. The summed E-state index contributed by atoms with van der Waals surface area (Å²) < 4.78 is 15.0. The van der Waals surface area contributed by atoms with E-state index in [1.807, 2.05) is 179 Å². The fourth-order valence-corrected chi connectivity index (χ4v) is 18.2. The number of carbonyl (C=O) groups excluding carboxylic acids is 13. The van der Waals surface area contributed by atoms with Gasteiger partial charge in [-0.05, 0) is 205 Å². The van der Waals surface area contributed by atoms with Gasteiger partial charge < -0.3 is 76.3 Å². The van der Waals surface area contributed by atoms with Gasteiger partial charge in [0.15, 0.2) is 23.1 Å². The number of hydrogen-bond donors (Lipinski definition) is 9. The van der Waals surface area contributed by atoms with Gasteiger partial charge in [-0.25, -0.2) is 0 Å². The van der Waals surface area contributed by atoms with Crippen molar-refractivity contribution < 1.29 is 112 Å². The molecule has 0 fully saturated rings. The molecule has 775 valence electrons. The molecular weight excluding hydrogens is 2000 g/mol. The number of carbonyl (C=O) groups is 14. The number of rotatable bonds is 30. The van der Waals surface area contributed by atoms with Crippen LogP contribution in [-0.2, 0) is 108 Å². The number of carboxylic acid groups (broad SMARTS) is 1. The molecule has 0 saturated carbocycles. The van der Waals surface area contributed by atoms with Crippen LogP contribution >= 0.6 is 0 Å². The van der Waals surface area contributed by atoms with Gasteiger partial charge in [-0.3, -0.25) is 86.9 Å². The van der Waals surface area contributed by atoms with Crippen LogP contribution in [0.4, 0.5) is 34.1 Å². The molecule has 8 aliphatic rings. The molecule has 33 nitrogen and oxygen atoms in total. The molecule has 0 saturated heterocycles. The van der Waals surface area contributed by atoms with Crippen molar-refractivity contribution in [3.63, 3.8) is 0 Å². The predicted octanol–water partition coefficient (Wildman–Crippen LogP) is 13.0. The Labute approximate surface area is 866 Å². The number of carboxylic acids is 1. The van der Waals surface area contributed by atoms with Crippen molar-refractivity contribution in [3.8, 4) is 11.5 Å². The molecule has 0 aliphatic carbocycles. The van der Waals surface area contributed by atoms with Gasteiger partial charge in [-0.2, -0.15) is 0 Å². The zero-order valence-corrected chi connectivity index (χ0v) is 87.2. The summed E-state index contributed by atoms with van der Waals surface area (Å²) in [7, 11) is 4.52. The van der Waals surface area contributed by atoms with Crippen LogP contribution in [0.1, 0.15) is 206 Å². The number of nitrogens with zero attached hydrogens (tertiary/aromatic N) is 6. The molecule has 8 aliphatic heterocycles. The Morgan fingerprint density at radius 3 is 1.05 bits per heavy atom. The van der Waals surface area contributed by atoms with Gasteiger partial charge in [0.1, 0.15) is 11.5 Å². The number of aliphatic hydroxyl groups is 4. The molecule has 11 N–H and O–H groups in total. The molecule has 0 unspecified atom stereocenters. The van der Waals surface area contributed by atoms with Crippen molar-refractivity contribution in [1.82, 2.24) is 21.3 Å². The minimum atomic E-state index is -1.04. The number of anilines is 4. The Balaban J connectivity index is 0.000000168. The van der Waals surface area contributed by atoms with E-state index in [0.29, 0.717) is 33.4 Å². The molecule has 0 spiro atoms. The predicted molar refractivity (Wildman–Crippen MR) is 564 cm³/mol. The van der Waals surface area contributed by atoms with Crippen LogP contribution in [0.5, 0.6) is 11.5 Å². The summed E-state index contributed by atoms with van der Waals surface area (Å²) in [6.07, 6.45) is 10.4. The summed E-state index contributed by atoms with van der Waals surface area (Å²) in [5.74, 6) is -2.87. The van der Waals surface area contributed by atoms with Crippen LogP contribution in [0.25, 0.3) is 0 Å². The molecule has 0 bridgehead atoms. The molecule has 8 heterocycles. The zero-order valence-electron chi connectivity index (χ0n) is 84.3. The third-order valence-electron chi connectivity index (χ3n) is 25.6. The van der Waals surface area contributed by atoms with Crippen molar-refractivity contribution in [1.29, 1.82) is 0 Å². The van der Waals surface area contributed by atoms with Crippen molar-refractivity contribution in [2.24, 2.45) is 9.98 Å². The maximum atomic E-state index is 13.0. The fourth-order valence-electron chi connectivity index (χ4n) is 18.2. The van der Waals surface area contributed by atoms with Gasteiger partial charge >= 0.3 is 46.5 Å². The number of amides is 8. The monoisotopic (exact) mass is 2120 g/mol. The van der Waals surface area contributed by atoms with Crippen molar-refractivity contribution in [2.75, 3.05) is 67.1 Å². The number of esters is 1. The molecule has 10 aromatic carbocycles. The van der Waals surface area contributed by atoms with E-state index in [-0.39, 0.29) is 210 Å². The van der Waals surface area contributed by atoms with Crippen LogP contribution < -0.4 is 50.3 Å². The minimum absolute atomic E-state index is 0. The second-order valence-electron chi connectivity index (χ2n) is 37.1. The molecule has 4 atom stereocenters. The van der Waals surface area contributed by atoms with Gasteiger partial charge in [-0.15, -0.1) is 0 Å². The summed E-state index contributed by atoms with van der Waals surface area (Å²) in [5, 5.41) is 55.0. The van der Waals surface area contributed by atoms with E-state index in [1.165, 1.54) is 53.6 Å². The third-order valence-corrected chi connectivity index (χ3v) is 25.6. The molecule has 1 radical (unpaired) electrons. The maximum absolute atomic E-state index is 13.0. The summed E-state index contributed by atoms with van der Waals surface area (Å²) in [6.45, 7) is 2.44. The first-order valence-electron chi connectivity index (χ1n) is 49.0. The number of hydrogen-bond acceptors (Lipinski definition) is 23. The second kappa shape index (κ2) is 55.1. The number of Topliss-reactive ketones (excluding diaryl/α,β-unsaturated/α-hetero) is 4. The van der Waals surface area contributed by atoms with E-state index >= 15 is 0 Å². The van der Waals surface area contributed by atoms with E-state index in [9.17, 15) is 87.5 Å². The van der Waals surface area contributed by atoms with Crippen molar-refractivity contribution in [3.05, 3.63) is 306 Å². The van der Waals surface area contributed by atoms with E-state index in [0.717, 1.165) is 130 Å². The van der Waals surface area contributed by atoms with Crippen molar-refractivity contribution >= 4 is 149 Å². The molecule has 8 amide bonds. The van der Waals surface area contributed by atoms with Gasteiger partial charge in [0.05, 0.1) is 108 Å². The standard InChI is InChI=1S/C21H28N2O8.C20H26N2O8.2C18H17NO2.2C17H14N2O.3CH3.H2O.Sn/c1-31-21(30)6-7-22-19(28)4-2-17(26)11-23-20(29)5-3-18(27)16-9-14(12-24)8-15(10-16)13-25;23-11-13-7-14(12-24)9-15(8-13)17(26)2-4-19(28)22-10-16(25)1-3-18(27)21-6-5-20(29)30;2*1-21-15-9-7-12-6-8-14-10-13-4-2-3-5-17(13)19(14)18(20)16(12)11-15;2*1-11-6-7-15-14(8-11)17(20)19-13(10-18-15)9-12-4-2-3-5-16(12)19;;;;;/h8-10,24-25H,2-7,11-13H2,1H3,(H,22,28)(H,23,29);7-9,23-24H,1-6,10-12H2,(H,21,27)(H,22,28)(H,29,30);2*2-5,7,9,11,14H,6,8,10H2,1H3;2*2-8,10,13H,9H2,1H3;3*1H3;1H2;/t;;2*14-;2*13-;;;;;/m..1100...../s1. The number of aryl methyl sites for hydroxylation is 4. The average Bonchev–Trinajstić information content (AvgIpc) is 1.63. The molecule has 0 aromatic heterocycles. The third kappa shape index (κ3) is 30.7. The number of ketones is 4. The number of para-hydroxylation sites is 4. The number of aliphatic hydroxyl groups excluding tert-OH is 4. The number of aliphatic imine (C=N–C) groups is 2. The summed E-state index contributed by atoms with van der Waals surface area (Å²) in [6, 6.07) is 65.8. The average molecular weight is 2120 g/mol. The number of benzene rings is 10. The SMILES string of the molecule is COC(=O)CCNC(=O)CCC(=O)CNC(=O)CCC(=O)c1cc(CO)cc(CO)c1.COc1ccc2c(c1)C(=O)N1c3ccccc3C[C@H]1CC2.COc1ccc2c(c1)C(=O)N1c3ccccc3C[C@H]1CC2.Cc1ccc2c(c1)C(=O)N1c3ccccc3C[C@H]1C=N2.Cc1ccc2c(c1)C(=O)N1c3ccccc3C[C@H]1C=N2.O.O=C(O)CCNC(=O)CCC(=O)CNC(=O)CCC(=O)c1cc(CO)cc(CO)c1.[CH3][Sn]([CH3])[CH3]. The van der Waals surface area contributed by atoms with Crippen LogP contribution in [0, 0.1) is 13.8 Å². The number of fused-ring (bicyclic) bond motifs is 16. The molecule has 148 heavy (non-hydrogen) atoms. The quantitative estimate of drug-likeness (QED) is 0.0115. The number of nitrogens with one attached hydrogen (secondary N) is 4. The van der Waals surface area contributed by atoms with Crippen LogP contribution in [0.15, 0.2) is 216 Å². The van der Waals surface area contributed by atoms with E-state index in [4.69, 9.17) is 14.6 Å². The topological polar surface area (TPSA) is 485 Å². The summed E-state index contributed by atoms with van der Waals surface area (Å²) in [5.41, 5.74) is 20.6. The Kier molecular flexibility index (Phi) is 42.2. The van der Waals surface area contributed by atoms with Gasteiger partial charge in [0.25, 0.3) is 23.6 Å². The fraction of sp³-hybridized carbons (Fsp3) is 0.333. The molecule has 18 rings (SSSR count). The second-order valence-corrected chi connectivity index (χ2v) is 45.6. The van der Waals surface area contributed by atoms with Crippen LogP contribution in [0.3, 0.4) is 0 Å². The summed E-state index contributed by atoms with van der Waals surface area (Å²) in [4.78, 5) is 192. The normalized spacial score (nSPS) is 15.3. The molecular formula is C114H127N10O23Sn. The molecule has 34 heteroatoms. The van der Waals surface area contributed by atoms with Gasteiger partial charge in [0.2, 0.25) is 23.6 Å². The van der Waals surface area contributed by atoms with E-state index in [2.05, 4.69) is 87.2 Å². The zero-order chi connectivity index (χ0) is 105. The Hall–Kier alpha value is -14.9. The van der Waals surface area contributed by atoms with E-state index in [1.54, 1.807) is 26.4 Å². The van der Waals surface area contributed by atoms with Gasteiger partial charge in [-0.1, -0.05) is 120 Å². The first-order valence-corrected chi connectivity index (χ1v) is 57.6. The molecule has 10 aromatic rings. The van der Waals surface area contributed by atoms with E-state index < -0.39 is 49.4 Å². The number of ether oxygens (including phenoxy) is 3. The Morgan fingerprint density at radius 2 is 0.703 bits per heavy atom. The first-order chi connectivity index (χ1) is 70.8. The number of aliphatic carboxylic acids is 1. The van der Waals surface area contributed by atoms with Gasteiger partial charge in [0, 0.05) is 147 Å². The van der Waals surface area contributed by atoms with Crippen molar-refractivity contribution in [2.45, 2.75) is 195 Å². The Morgan fingerprint density at radius 1 is 0.372 bits per heavy atom. The van der Waals surface area contributed by atoms with Crippen LogP contribution in [-0.4, -0.2) is 217 Å². The Bertz CT molecular complexity index is 6320. The number of methoxy groups -OCH3 is 3. The van der Waals surface area contributed by atoms with Crippen LogP contribution in [0.2, 0.25) is 14.8 Å².